The number of ether oxygens (including phenoxy) is 1. The number of carbonyl (C=O) groups excluding carboxylic acids is 1. The van der Waals surface area contributed by atoms with Gasteiger partial charge in [0.15, 0.2) is 0 Å². The summed E-state index contributed by atoms with van der Waals surface area (Å²) in [6.07, 6.45) is 0. The third-order valence-corrected chi connectivity index (χ3v) is 1.45. The summed E-state index contributed by atoms with van der Waals surface area (Å²) in [7, 11) is 0. The molecule has 2 rings (SSSR count). The van der Waals surface area contributed by atoms with E-state index in [0.29, 0.717) is 5.75 Å². The number of hydrogen-bond donors (Lipinski definition) is 0. The third kappa shape index (κ3) is 6.82. The fourth-order valence-electron chi connectivity index (χ4n) is 0.911. The van der Waals surface area contributed by atoms with Gasteiger partial charge in [0.1, 0.15) is 0 Å². The molecular formula is C12H12O2Os. The molecule has 80 valence electrons. The van der Waals surface area contributed by atoms with Crippen molar-refractivity contribution in [2.75, 3.05) is 0 Å². The van der Waals surface area contributed by atoms with Gasteiger partial charge in [-0.2, -0.15) is 30.3 Å². The van der Waals surface area contributed by atoms with Gasteiger partial charge in [0.25, 0.3) is 0 Å². The van der Waals surface area contributed by atoms with Crippen LogP contribution in [0.4, 0.5) is 0 Å². The predicted molar refractivity (Wildman–Crippen MR) is 55.4 cm³/mol. The van der Waals surface area contributed by atoms with Crippen molar-refractivity contribution in [3.8, 4) is 5.75 Å². The molecule has 0 aliphatic rings. The topological polar surface area (TPSA) is 26.3 Å². The van der Waals surface area contributed by atoms with Crippen molar-refractivity contribution in [2.24, 2.45) is 0 Å². The maximum absolute atomic E-state index is 10.3. The van der Waals surface area contributed by atoms with Crippen molar-refractivity contribution < 1.29 is 29.3 Å². The Labute approximate surface area is 103 Å². The second-order valence-corrected chi connectivity index (χ2v) is 2.68. The fourth-order valence-corrected chi connectivity index (χ4v) is 0.911. The van der Waals surface area contributed by atoms with Gasteiger partial charge < -0.3 is 9.53 Å². The summed E-state index contributed by atoms with van der Waals surface area (Å²) >= 11 is 0. The summed E-state index contributed by atoms with van der Waals surface area (Å²) < 4.78 is 4.72. The summed E-state index contributed by atoms with van der Waals surface area (Å²) in [6.45, 7) is 1.38. The SMILES string of the molecule is CC(=O)O[c-]1cccc1.[Os+2].c1cc[cH-]c1. The Balaban J connectivity index is 0.000000280. The van der Waals surface area contributed by atoms with Crippen LogP contribution in [0.5, 0.6) is 5.75 Å². The molecule has 0 bridgehead atoms. The average Bonchev–Trinajstić information content (AvgIpc) is 2.75. The largest absolute Gasteiger partial charge is 2.00 e. The molecule has 0 radical (unpaired) electrons. The standard InChI is InChI=1S/C7H7O2.C5H5.Os/c1-6(8)9-7-4-2-3-5-7;1-2-4-5-3-1;/h2-5H,1H3;1-5H;/q2*-1;+2. The molecule has 0 amide bonds. The quantitative estimate of drug-likeness (QED) is 0.563. The smallest absolute Gasteiger partial charge is 0.518 e. The second-order valence-electron chi connectivity index (χ2n) is 2.68. The van der Waals surface area contributed by atoms with Crippen molar-refractivity contribution >= 4 is 5.97 Å². The van der Waals surface area contributed by atoms with E-state index in [1.54, 1.807) is 12.1 Å². The van der Waals surface area contributed by atoms with Gasteiger partial charge in [0.05, 0.1) is 0 Å². The van der Waals surface area contributed by atoms with E-state index in [4.69, 9.17) is 4.74 Å². The van der Waals surface area contributed by atoms with E-state index in [0.717, 1.165) is 0 Å². The molecule has 15 heavy (non-hydrogen) atoms. The summed E-state index contributed by atoms with van der Waals surface area (Å²) in [5.74, 6) is 0.337. The third-order valence-electron chi connectivity index (χ3n) is 1.45. The Kier molecular flexibility index (Phi) is 7.49. The van der Waals surface area contributed by atoms with Crippen LogP contribution in [0.2, 0.25) is 0 Å². The normalized spacial score (nSPS) is 8.07. The van der Waals surface area contributed by atoms with Gasteiger partial charge in [-0.25, -0.2) is 12.1 Å². The van der Waals surface area contributed by atoms with Crippen LogP contribution in [-0.4, -0.2) is 5.97 Å². The molecule has 2 nitrogen and oxygen atoms in total. The van der Waals surface area contributed by atoms with Crippen LogP contribution in [0.3, 0.4) is 0 Å². The molecule has 0 aliphatic carbocycles. The maximum Gasteiger partial charge on any atom is 2.00 e. The van der Waals surface area contributed by atoms with Crippen molar-refractivity contribution in [1.29, 1.82) is 0 Å². The van der Waals surface area contributed by atoms with Crippen molar-refractivity contribution in [2.45, 2.75) is 6.92 Å². The van der Waals surface area contributed by atoms with E-state index in [2.05, 4.69) is 0 Å². The molecular weight excluding hydrogens is 366 g/mol. The van der Waals surface area contributed by atoms with E-state index in [9.17, 15) is 4.79 Å². The summed E-state index contributed by atoms with van der Waals surface area (Å²) in [4.78, 5) is 10.3. The molecule has 0 atom stereocenters. The Hall–Kier alpha value is -1.19. The molecule has 3 heteroatoms. The van der Waals surface area contributed by atoms with Crippen LogP contribution in [0.15, 0.2) is 54.6 Å². The second kappa shape index (κ2) is 8.14. The predicted octanol–water partition coefficient (Wildman–Crippen LogP) is 2.73. The van der Waals surface area contributed by atoms with Crippen LogP contribution in [0.1, 0.15) is 6.92 Å². The molecule has 0 spiro atoms. The zero-order valence-corrected chi connectivity index (χ0v) is 10.9. The number of hydrogen-bond acceptors (Lipinski definition) is 2. The Morgan fingerprint density at radius 2 is 1.67 bits per heavy atom. The maximum atomic E-state index is 10.3. The van der Waals surface area contributed by atoms with Gasteiger partial charge in [-0.15, -0.1) is 12.1 Å². The molecule has 0 saturated carbocycles. The van der Waals surface area contributed by atoms with Crippen molar-refractivity contribution in [1.82, 2.24) is 0 Å². The molecule has 0 aliphatic heterocycles. The minimum atomic E-state index is -0.277. The van der Waals surface area contributed by atoms with Crippen LogP contribution < -0.4 is 4.74 Å². The molecule has 0 unspecified atom stereocenters. The molecule has 0 N–H and O–H groups in total. The van der Waals surface area contributed by atoms with Gasteiger partial charge in [0, 0.05) is 5.75 Å². The van der Waals surface area contributed by atoms with Crippen molar-refractivity contribution in [3.05, 3.63) is 54.6 Å². The molecule has 0 saturated heterocycles. The molecule has 0 fully saturated rings. The van der Waals surface area contributed by atoms with Gasteiger partial charge >= 0.3 is 19.8 Å². The number of carbonyl (C=O) groups is 1. The first-order valence-corrected chi connectivity index (χ1v) is 4.36. The summed E-state index contributed by atoms with van der Waals surface area (Å²) in [6, 6.07) is 17.1. The minimum Gasteiger partial charge on any atom is -0.518 e. The van der Waals surface area contributed by atoms with E-state index in [-0.39, 0.29) is 25.8 Å². The molecule has 2 aromatic rings. The van der Waals surface area contributed by atoms with Crippen LogP contribution in [0.25, 0.3) is 0 Å². The molecule has 0 aromatic heterocycles. The Morgan fingerprint density at radius 1 is 1.13 bits per heavy atom. The van der Waals surface area contributed by atoms with Crippen LogP contribution in [0, 0.1) is 0 Å². The first-order chi connectivity index (χ1) is 6.79. The monoisotopic (exact) mass is 380 g/mol. The first kappa shape index (κ1) is 13.8. The zero-order valence-electron chi connectivity index (χ0n) is 8.37. The van der Waals surface area contributed by atoms with Gasteiger partial charge in [-0.3, -0.25) is 0 Å². The first-order valence-electron chi connectivity index (χ1n) is 4.36. The van der Waals surface area contributed by atoms with Crippen LogP contribution >= 0.6 is 0 Å². The fraction of sp³-hybridized carbons (Fsp3) is 0.0833. The average molecular weight is 378 g/mol. The number of rotatable bonds is 1. The summed E-state index contributed by atoms with van der Waals surface area (Å²) in [5.41, 5.74) is 0. The van der Waals surface area contributed by atoms with Crippen LogP contribution in [-0.2, 0) is 24.6 Å². The van der Waals surface area contributed by atoms with E-state index in [1.165, 1.54) is 6.92 Å². The zero-order chi connectivity index (χ0) is 10.2. The Morgan fingerprint density at radius 3 is 2.00 bits per heavy atom. The molecule has 2 aromatic carbocycles. The Bertz CT molecular complexity index is 318. The van der Waals surface area contributed by atoms with Crippen molar-refractivity contribution in [3.63, 3.8) is 0 Å². The van der Waals surface area contributed by atoms with E-state index in [1.807, 2.05) is 42.5 Å². The summed E-state index contributed by atoms with van der Waals surface area (Å²) in [5, 5.41) is 0. The number of esters is 1. The minimum absolute atomic E-state index is 0. The van der Waals surface area contributed by atoms with Gasteiger partial charge in [-0.1, -0.05) is 0 Å². The van der Waals surface area contributed by atoms with E-state index < -0.39 is 0 Å². The van der Waals surface area contributed by atoms with E-state index >= 15 is 0 Å². The van der Waals surface area contributed by atoms with Gasteiger partial charge in [0.2, 0.25) is 5.97 Å². The van der Waals surface area contributed by atoms with Gasteiger partial charge in [-0.05, 0) is 6.92 Å². The molecule has 0 heterocycles.